The van der Waals surface area contributed by atoms with E-state index in [1.54, 1.807) is 18.2 Å². The van der Waals surface area contributed by atoms with E-state index in [4.69, 9.17) is 4.74 Å². The van der Waals surface area contributed by atoms with E-state index in [1.807, 2.05) is 18.2 Å². The third-order valence-electron chi connectivity index (χ3n) is 5.04. The SMILES string of the molecule is COC(=O)c1ccc([C@H]2Nc3c(F)cccc3[C@H]3C=CC[C@@H]32)cc1. The lowest BCUT2D eigenvalue weighted by Crippen LogP contribution is -2.29. The Balaban J connectivity index is 1.71. The highest BCUT2D eigenvalue weighted by Crippen LogP contribution is 2.50. The predicted molar refractivity (Wildman–Crippen MR) is 90.5 cm³/mol. The minimum absolute atomic E-state index is 0.0149. The molecule has 0 radical (unpaired) electrons. The summed E-state index contributed by atoms with van der Waals surface area (Å²) in [6.07, 6.45) is 5.31. The van der Waals surface area contributed by atoms with Crippen molar-refractivity contribution in [3.63, 3.8) is 0 Å². The Morgan fingerprint density at radius 1 is 1.21 bits per heavy atom. The maximum atomic E-state index is 14.3. The van der Waals surface area contributed by atoms with Gasteiger partial charge in [-0.05, 0) is 41.7 Å². The van der Waals surface area contributed by atoms with Crippen LogP contribution in [0.3, 0.4) is 0 Å². The molecule has 0 amide bonds. The number of para-hydroxylation sites is 1. The first-order valence-corrected chi connectivity index (χ1v) is 8.09. The quantitative estimate of drug-likeness (QED) is 0.656. The largest absolute Gasteiger partial charge is 0.465 e. The predicted octanol–water partition coefficient (Wildman–Crippen LogP) is 4.44. The molecule has 4 rings (SSSR count). The Labute approximate surface area is 140 Å². The van der Waals surface area contributed by atoms with Gasteiger partial charge >= 0.3 is 5.97 Å². The number of fused-ring (bicyclic) bond motifs is 3. The monoisotopic (exact) mass is 323 g/mol. The maximum Gasteiger partial charge on any atom is 0.337 e. The van der Waals surface area contributed by atoms with Crippen molar-refractivity contribution in [3.05, 3.63) is 77.1 Å². The van der Waals surface area contributed by atoms with Gasteiger partial charge in [-0.25, -0.2) is 9.18 Å². The zero-order valence-corrected chi connectivity index (χ0v) is 13.3. The van der Waals surface area contributed by atoms with Crippen molar-refractivity contribution in [2.24, 2.45) is 5.92 Å². The normalized spacial score (nSPS) is 24.0. The van der Waals surface area contributed by atoms with Gasteiger partial charge < -0.3 is 10.1 Å². The Morgan fingerprint density at radius 2 is 2.00 bits per heavy atom. The summed E-state index contributed by atoms with van der Waals surface area (Å²) in [7, 11) is 1.37. The molecule has 0 fully saturated rings. The number of anilines is 1. The fraction of sp³-hybridized carbons (Fsp3) is 0.250. The Morgan fingerprint density at radius 3 is 2.75 bits per heavy atom. The Hall–Kier alpha value is -2.62. The molecule has 0 saturated heterocycles. The van der Waals surface area contributed by atoms with E-state index in [0.717, 1.165) is 17.5 Å². The maximum absolute atomic E-state index is 14.3. The summed E-state index contributed by atoms with van der Waals surface area (Å²) < 4.78 is 19.0. The second-order valence-corrected chi connectivity index (χ2v) is 6.29. The number of nitrogens with one attached hydrogen (secondary N) is 1. The number of carbonyl (C=O) groups is 1. The zero-order valence-electron chi connectivity index (χ0n) is 13.3. The van der Waals surface area contributed by atoms with Crippen LogP contribution in [0.15, 0.2) is 54.6 Å². The topological polar surface area (TPSA) is 38.3 Å². The first kappa shape index (κ1) is 14.9. The number of ether oxygens (including phenoxy) is 1. The third kappa shape index (κ3) is 2.30. The lowest BCUT2D eigenvalue weighted by Gasteiger charge is -2.37. The molecule has 1 N–H and O–H groups in total. The summed E-state index contributed by atoms with van der Waals surface area (Å²) >= 11 is 0. The number of allylic oxidation sites excluding steroid dienone is 2. The van der Waals surface area contributed by atoms with Crippen LogP contribution in [0.25, 0.3) is 0 Å². The van der Waals surface area contributed by atoms with Crippen LogP contribution >= 0.6 is 0 Å². The molecule has 3 atom stereocenters. The summed E-state index contributed by atoms with van der Waals surface area (Å²) in [4.78, 5) is 11.6. The van der Waals surface area contributed by atoms with E-state index in [1.165, 1.54) is 13.2 Å². The van der Waals surface area contributed by atoms with Gasteiger partial charge in [0.2, 0.25) is 0 Å². The third-order valence-corrected chi connectivity index (χ3v) is 5.04. The van der Waals surface area contributed by atoms with Gasteiger partial charge in [0, 0.05) is 5.92 Å². The van der Waals surface area contributed by atoms with Crippen molar-refractivity contribution < 1.29 is 13.9 Å². The highest BCUT2D eigenvalue weighted by molar-refractivity contribution is 5.89. The standard InChI is InChI=1S/C20H18FNO2/c1-24-20(23)13-10-8-12(9-11-13)18-15-5-2-4-14(15)16-6-3-7-17(21)19(16)22-18/h2-4,6-11,14-15,18,22H,5H2,1H3/t14-,15-,18+/m0/s1. The number of hydrogen-bond acceptors (Lipinski definition) is 3. The highest BCUT2D eigenvalue weighted by Gasteiger charge is 2.38. The van der Waals surface area contributed by atoms with Crippen molar-refractivity contribution in [2.45, 2.75) is 18.4 Å². The molecule has 2 aromatic carbocycles. The first-order chi connectivity index (χ1) is 11.7. The summed E-state index contributed by atoms with van der Waals surface area (Å²) in [5.41, 5.74) is 3.18. The van der Waals surface area contributed by atoms with Crippen molar-refractivity contribution in [3.8, 4) is 0 Å². The van der Waals surface area contributed by atoms with Crippen molar-refractivity contribution in [1.82, 2.24) is 0 Å². The fourth-order valence-electron chi connectivity index (χ4n) is 3.86. The van der Waals surface area contributed by atoms with Gasteiger partial charge in [-0.15, -0.1) is 0 Å². The molecular formula is C20H18FNO2. The lowest BCUT2D eigenvalue weighted by molar-refractivity contribution is 0.0600. The molecule has 0 spiro atoms. The van der Waals surface area contributed by atoms with Crippen LogP contribution in [-0.4, -0.2) is 13.1 Å². The number of carbonyl (C=O) groups excluding carboxylic acids is 1. The molecule has 24 heavy (non-hydrogen) atoms. The van der Waals surface area contributed by atoms with Crippen LogP contribution in [0.1, 0.15) is 39.9 Å². The van der Waals surface area contributed by atoms with E-state index in [9.17, 15) is 9.18 Å². The van der Waals surface area contributed by atoms with Crippen molar-refractivity contribution in [1.29, 1.82) is 0 Å². The molecule has 2 aromatic rings. The Bertz CT molecular complexity index is 813. The van der Waals surface area contributed by atoms with Crippen LogP contribution in [0.5, 0.6) is 0 Å². The van der Waals surface area contributed by atoms with Crippen LogP contribution in [-0.2, 0) is 4.74 Å². The molecule has 122 valence electrons. The lowest BCUT2D eigenvalue weighted by atomic mass is 9.77. The van der Waals surface area contributed by atoms with Crippen LogP contribution in [0.2, 0.25) is 0 Å². The molecule has 0 aromatic heterocycles. The van der Waals surface area contributed by atoms with Gasteiger partial charge in [0.05, 0.1) is 24.4 Å². The average Bonchev–Trinajstić information content (AvgIpc) is 3.11. The molecule has 1 heterocycles. The summed E-state index contributed by atoms with van der Waals surface area (Å²) in [6, 6.07) is 12.6. The molecule has 0 saturated carbocycles. The molecular weight excluding hydrogens is 305 g/mol. The fourth-order valence-corrected chi connectivity index (χ4v) is 3.86. The van der Waals surface area contributed by atoms with Gasteiger partial charge in [0.25, 0.3) is 0 Å². The summed E-state index contributed by atoms with van der Waals surface area (Å²) in [5, 5.41) is 3.38. The van der Waals surface area contributed by atoms with E-state index < -0.39 is 0 Å². The van der Waals surface area contributed by atoms with Gasteiger partial charge in [-0.2, -0.15) is 0 Å². The van der Waals surface area contributed by atoms with Gasteiger partial charge in [0.15, 0.2) is 0 Å². The van der Waals surface area contributed by atoms with Crippen LogP contribution in [0.4, 0.5) is 10.1 Å². The van der Waals surface area contributed by atoms with Gasteiger partial charge in [-0.3, -0.25) is 0 Å². The van der Waals surface area contributed by atoms with Crippen LogP contribution in [0, 0.1) is 11.7 Å². The molecule has 2 aliphatic rings. The van der Waals surface area contributed by atoms with Crippen molar-refractivity contribution >= 4 is 11.7 Å². The second-order valence-electron chi connectivity index (χ2n) is 6.29. The van der Waals surface area contributed by atoms with Crippen molar-refractivity contribution in [2.75, 3.05) is 12.4 Å². The molecule has 1 aliphatic carbocycles. The number of halogens is 1. The molecule has 3 nitrogen and oxygen atoms in total. The first-order valence-electron chi connectivity index (χ1n) is 8.09. The highest BCUT2D eigenvalue weighted by atomic mass is 19.1. The molecule has 0 bridgehead atoms. The van der Waals surface area contributed by atoms with Gasteiger partial charge in [-0.1, -0.05) is 36.4 Å². The van der Waals surface area contributed by atoms with E-state index >= 15 is 0 Å². The molecule has 0 unspecified atom stereocenters. The van der Waals surface area contributed by atoms with Gasteiger partial charge in [0.1, 0.15) is 5.82 Å². The molecule has 1 aliphatic heterocycles. The number of methoxy groups -OCH3 is 1. The van der Waals surface area contributed by atoms with Crippen LogP contribution < -0.4 is 5.32 Å². The zero-order chi connectivity index (χ0) is 16.7. The van der Waals surface area contributed by atoms with E-state index in [-0.39, 0.29) is 23.7 Å². The smallest absolute Gasteiger partial charge is 0.337 e. The summed E-state index contributed by atoms with van der Waals surface area (Å²) in [6.45, 7) is 0. The Kier molecular flexibility index (Phi) is 3.60. The minimum Gasteiger partial charge on any atom is -0.465 e. The molecule has 4 heteroatoms. The average molecular weight is 323 g/mol. The summed E-state index contributed by atoms with van der Waals surface area (Å²) in [5.74, 6) is 0.00268. The number of esters is 1. The number of rotatable bonds is 2. The number of hydrogen-bond donors (Lipinski definition) is 1. The second kappa shape index (κ2) is 5.78. The van der Waals surface area contributed by atoms with E-state index in [2.05, 4.69) is 17.5 Å². The minimum atomic E-state index is -0.352. The van der Waals surface area contributed by atoms with E-state index in [0.29, 0.717) is 17.2 Å². The number of benzene rings is 2.